The molecule has 1 aliphatic heterocycles. The van der Waals surface area contributed by atoms with Crippen molar-refractivity contribution in [3.63, 3.8) is 0 Å². The number of non-ortho nitro benzene ring substituents is 1. The van der Waals surface area contributed by atoms with E-state index in [1.807, 2.05) is 30.5 Å². The number of thioether (sulfide) groups is 1. The van der Waals surface area contributed by atoms with Crippen molar-refractivity contribution in [1.29, 1.82) is 0 Å². The van der Waals surface area contributed by atoms with E-state index in [-0.39, 0.29) is 17.4 Å². The average Bonchev–Trinajstić information content (AvgIpc) is 3.52. The van der Waals surface area contributed by atoms with Crippen molar-refractivity contribution in [2.45, 2.75) is 37.8 Å². The summed E-state index contributed by atoms with van der Waals surface area (Å²) in [4.78, 5) is 43.8. The van der Waals surface area contributed by atoms with E-state index < -0.39 is 16.9 Å². The second-order valence-corrected chi connectivity index (χ2v) is 11.2. The summed E-state index contributed by atoms with van der Waals surface area (Å²) in [5, 5.41) is 11.2. The third-order valence-corrected chi connectivity index (χ3v) is 7.98. The van der Waals surface area contributed by atoms with Gasteiger partial charge in [-0.3, -0.25) is 19.5 Å². The summed E-state index contributed by atoms with van der Waals surface area (Å²) >= 11 is 2.79. The van der Waals surface area contributed by atoms with Crippen molar-refractivity contribution in [1.82, 2.24) is 4.57 Å². The van der Waals surface area contributed by atoms with Gasteiger partial charge in [0, 0.05) is 28.7 Å². The molecule has 3 heterocycles. The molecular weight excluding hydrogens is 550 g/mol. The Labute approximate surface area is 237 Å². The average molecular weight is 576 g/mol. The summed E-state index contributed by atoms with van der Waals surface area (Å²) < 4.78 is 13.4. The van der Waals surface area contributed by atoms with Gasteiger partial charge in [0.25, 0.3) is 11.2 Å². The third-order valence-electron chi connectivity index (χ3n) is 6.26. The lowest BCUT2D eigenvalue weighted by Gasteiger charge is -2.25. The number of nitrogens with zero attached hydrogens (tertiary/aromatic N) is 3. The molecule has 0 unspecified atom stereocenters. The molecule has 11 heteroatoms. The van der Waals surface area contributed by atoms with Gasteiger partial charge in [-0.1, -0.05) is 35.6 Å². The van der Waals surface area contributed by atoms with Crippen LogP contribution in [0.5, 0.6) is 0 Å². The number of carbonyl (C=O) groups is 1. The number of esters is 1. The first-order valence-electron chi connectivity index (χ1n) is 12.4. The minimum absolute atomic E-state index is 0.0449. The van der Waals surface area contributed by atoms with Crippen LogP contribution in [0.4, 0.5) is 5.69 Å². The maximum Gasteiger partial charge on any atom is 0.338 e. The van der Waals surface area contributed by atoms with Gasteiger partial charge >= 0.3 is 5.97 Å². The molecule has 1 atom stereocenters. The Morgan fingerprint density at radius 1 is 1.20 bits per heavy atom. The summed E-state index contributed by atoms with van der Waals surface area (Å²) in [7, 11) is 0. The zero-order valence-corrected chi connectivity index (χ0v) is 23.7. The Bertz CT molecular complexity index is 1830. The fourth-order valence-electron chi connectivity index (χ4n) is 4.45. The number of aromatic nitrogens is 1. The first kappa shape index (κ1) is 27.4. The molecule has 2 aromatic heterocycles. The van der Waals surface area contributed by atoms with Crippen molar-refractivity contribution in [2.24, 2.45) is 4.99 Å². The van der Waals surface area contributed by atoms with Crippen LogP contribution >= 0.6 is 23.1 Å². The van der Waals surface area contributed by atoms with E-state index in [1.54, 1.807) is 62.9 Å². The summed E-state index contributed by atoms with van der Waals surface area (Å²) in [5.74, 6) is 0.323. The second-order valence-electron chi connectivity index (χ2n) is 9.32. The minimum Gasteiger partial charge on any atom is -0.459 e. The smallest absolute Gasteiger partial charge is 0.338 e. The van der Waals surface area contributed by atoms with Crippen molar-refractivity contribution >= 4 is 40.8 Å². The van der Waals surface area contributed by atoms with Crippen molar-refractivity contribution in [2.75, 3.05) is 6.26 Å². The Kier molecular flexibility index (Phi) is 7.59. The Balaban J connectivity index is 1.61. The largest absolute Gasteiger partial charge is 0.459 e. The van der Waals surface area contributed by atoms with Crippen LogP contribution in [-0.2, 0) is 9.53 Å². The number of allylic oxidation sites excluding steroid dienone is 1. The first-order valence-corrected chi connectivity index (χ1v) is 14.4. The SMILES string of the molecule is CSc1ccc([C@@H]2C(C(=O)OC(C)C)=C(C)N=c3s/c(=C\c4ccc(-c5cccc([N+](=O)[O-])c5)o4)c(=O)n32)cc1. The second kappa shape index (κ2) is 11.1. The molecule has 0 fully saturated rings. The van der Waals surface area contributed by atoms with Crippen LogP contribution < -0.4 is 14.9 Å². The molecule has 0 bridgehead atoms. The van der Waals surface area contributed by atoms with Gasteiger partial charge < -0.3 is 9.15 Å². The molecule has 0 saturated heterocycles. The monoisotopic (exact) mass is 575 g/mol. The summed E-state index contributed by atoms with van der Waals surface area (Å²) in [5.41, 5.74) is 1.75. The number of nitro benzene ring substituents is 1. The van der Waals surface area contributed by atoms with Gasteiger partial charge in [0.15, 0.2) is 4.80 Å². The lowest BCUT2D eigenvalue weighted by atomic mass is 9.96. The molecule has 204 valence electrons. The highest BCUT2D eigenvalue weighted by atomic mass is 32.2. The fourth-order valence-corrected chi connectivity index (χ4v) is 5.88. The van der Waals surface area contributed by atoms with E-state index in [0.29, 0.717) is 37.7 Å². The van der Waals surface area contributed by atoms with E-state index in [1.165, 1.54) is 28.0 Å². The normalized spacial score (nSPS) is 15.2. The van der Waals surface area contributed by atoms with E-state index in [0.717, 1.165) is 10.5 Å². The summed E-state index contributed by atoms with van der Waals surface area (Å²) in [6.07, 6.45) is 3.26. The maximum atomic E-state index is 13.8. The van der Waals surface area contributed by atoms with Gasteiger partial charge in [-0.15, -0.1) is 11.8 Å². The van der Waals surface area contributed by atoms with Crippen LogP contribution in [0.25, 0.3) is 17.4 Å². The molecule has 0 saturated carbocycles. The van der Waals surface area contributed by atoms with Gasteiger partial charge in [-0.2, -0.15) is 0 Å². The number of hydrogen-bond donors (Lipinski definition) is 0. The number of furan rings is 1. The highest BCUT2D eigenvalue weighted by Gasteiger charge is 2.33. The van der Waals surface area contributed by atoms with Crippen LogP contribution in [-0.4, -0.2) is 27.8 Å². The number of rotatable bonds is 7. The molecule has 0 amide bonds. The molecular formula is C29H25N3O6S2. The fraction of sp³-hybridized carbons (Fsp3) is 0.207. The van der Waals surface area contributed by atoms with Gasteiger partial charge in [0.1, 0.15) is 11.5 Å². The van der Waals surface area contributed by atoms with Crippen LogP contribution in [0, 0.1) is 10.1 Å². The molecule has 4 aromatic rings. The van der Waals surface area contributed by atoms with E-state index in [4.69, 9.17) is 9.15 Å². The molecule has 0 radical (unpaired) electrons. The summed E-state index contributed by atoms with van der Waals surface area (Å²) in [6, 6.07) is 16.5. The molecule has 1 aliphatic rings. The van der Waals surface area contributed by atoms with E-state index in [2.05, 4.69) is 4.99 Å². The lowest BCUT2D eigenvalue weighted by Crippen LogP contribution is -2.40. The molecule has 9 nitrogen and oxygen atoms in total. The number of fused-ring (bicyclic) bond motifs is 1. The van der Waals surface area contributed by atoms with Gasteiger partial charge in [-0.25, -0.2) is 9.79 Å². The van der Waals surface area contributed by atoms with Crippen molar-refractivity contribution < 1.29 is 18.9 Å². The lowest BCUT2D eigenvalue weighted by molar-refractivity contribution is -0.384. The Morgan fingerprint density at radius 2 is 1.95 bits per heavy atom. The molecule has 0 N–H and O–H groups in total. The van der Waals surface area contributed by atoms with E-state index >= 15 is 0 Å². The summed E-state index contributed by atoms with van der Waals surface area (Å²) in [6.45, 7) is 5.29. The number of carbonyl (C=O) groups excluding carboxylic acids is 1. The molecule has 2 aromatic carbocycles. The molecule has 0 aliphatic carbocycles. The van der Waals surface area contributed by atoms with Gasteiger partial charge in [0.2, 0.25) is 0 Å². The van der Waals surface area contributed by atoms with E-state index in [9.17, 15) is 19.7 Å². The van der Waals surface area contributed by atoms with Gasteiger partial charge in [0.05, 0.1) is 32.9 Å². The van der Waals surface area contributed by atoms with Crippen LogP contribution in [0.2, 0.25) is 0 Å². The predicted molar refractivity (Wildman–Crippen MR) is 154 cm³/mol. The van der Waals surface area contributed by atoms with Crippen LogP contribution in [0.3, 0.4) is 0 Å². The first-order chi connectivity index (χ1) is 19.2. The number of hydrogen-bond acceptors (Lipinski definition) is 9. The van der Waals surface area contributed by atoms with Crippen LogP contribution in [0.15, 0.2) is 91.0 Å². The number of thiazole rings is 1. The van der Waals surface area contributed by atoms with Crippen LogP contribution in [0.1, 0.15) is 38.1 Å². The quantitative estimate of drug-likeness (QED) is 0.131. The molecule has 0 spiro atoms. The highest BCUT2D eigenvalue weighted by molar-refractivity contribution is 7.98. The highest BCUT2D eigenvalue weighted by Crippen LogP contribution is 2.32. The molecule has 40 heavy (non-hydrogen) atoms. The topological polar surface area (TPSA) is 117 Å². The van der Waals surface area contributed by atoms with Gasteiger partial charge in [-0.05, 0) is 56.9 Å². The number of benzene rings is 2. The standard InChI is InChI=1S/C29H25N3O6S2/c1-16(2)37-28(34)25-17(3)30-29-31(26(25)18-8-11-22(39-4)12-9-18)27(33)24(40-29)15-21-10-13-23(38-21)19-6-5-7-20(14-19)32(35)36/h5-16,26H,1-4H3/b24-15-/t26-/m1/s1. The Morgan fingerprint density at radius 3 is 2.62 bits per heavy atom. The number of nitro groups is 1. The zero-order valence-electron chi connectivity index (χ0n) is 22.1. The zero-order chi connectivity index (χ0) is 28.6. The molecule has 5 rings (SSSR count). The Hall–Kier alpha value is -4.22. The maximum absolute atomic E-state index is 13.8. The number of ether oxygens (including phenoxy) is 1. The third kappa shape index (κ3) is 5.30. The predicted octanol–water partition coefficient (Wildman–Crippen LogP) is 5.08. The van der Waals surface area contributed by atoms with Crippen molar-refractivity contribution in [3.8, 4) is 11.3 Å². The van der Waals surface area contributed by atoms with Crippen molar-refractivity contribution in [3.05, 3.63) is 113 Å². The minimum atomic E-state index is -0.711.